The molecular weight excluding hydrogens is 258 g/mol. The van der Waals surface area contributed by atoms with Crippen LogP contribution in [0.5, 0.6) is 0 Å². The standard InChI is InChI=1S/C13H23N5O2/c1-17-13(14-15-16-17)8-18-6-7-20-9-11(18)10-4-3-5-12(10)19-2/h10-12H,3-9H2,1-2H3/t10-,11-,12+/m0/s1. The number of morpholine rings is 1. The van der Waals surface area contributed by atoms with Crippen LogP contribution in [0.4, 0.5) is 0 Å². The van der Waals surface area contributed by atoms with Crippen molar-refractivity contribution in [1.29, 1.82) is 0 Å². The van der Waals surface area contributed by atoms with Gasteiger partial charge in [0.15, 0.2) is 5.82 Å². The van der Waals surface area contributed by atoms with Crippen LogP contribution in [0.25, 0.3) is 0 Å². The van der Waals surface area contributed by atoms with E-state index in [0.29, 0.717) is 18.1 Å². The molecule has 0 aromatic carbocycles. The first kappa shape index (κ1) is 13.9. The van der Waals surface area contributed by atoms with Crippen molar-refractivity contribution in [2.75, 3.05) is 26.9 Å². The van der Waals surface area contributed by atoms with Crippen LogP contribution in [-0.4, -0.2) is 64.1 Å². The molecule has 2 fully saturated rings. The van der Waals surface area contributed by atoms with E-state index in [-0.39, 0.29) is 0 Å². The predicted octanol–water partition coefficient (Wildman–Crippen LogP) is 0.226. The monoisotopic (exact) mass is 281 g/mol. The van der Waals surface area contributed by atoms with E-state index in [4.69, 9.17) is 9.47 Å². The van der Waals surface area contributed by atoms with Gasteiger partial charge in [-0.3, -0.25) is 4.90 Å². The highest BCUT2D eigenvalue weighted by atomic mass is 16.5. The second-order valence-electron chi connectivity index (χ2n) is 5.70. The van der Waals surface area contributed by atoms with Crippen molar-refractivity contribution < 1.29 is 9.47 Å². The number of ether oxygens (including phenoxy) is 2. The maximum atomic E-state index is 5.71. The van der Waals surface area contributed by atoms with Crippen molar-refractivity contribution in [3.8, 4) is 0 Å². The molecule has 112 valence electrons. The predicted molar refractivity (Wildman–Crippen MR) is 72.0 cm³/mol. The molecule has 1 aromatic heterocycles. The average molecular weight is 281 g/mol. The van der Waals surface area contributed by atoms with Crippen molar-refractivity contribution in [2.24, 2.45) is 13.0 Å². The van der Waals surface area contributed by atoms with Crippen molar-refractivity contribution in [2.45, 2.75) is 38.0 Å². The molecule has 7 heteroatoms. The number of methoxy groups -OCH3 is 1. The summed E-state index contributed by atoms with van der Waals surface area (Å²) in [5.74, 6) is 1.46. The summed E-state index contributed by atoms with van der Waals surface area (Å²) < 4.78 is 13.1. The summed E-state index contributed by atoms with van der Waals surface area (Å²) in [6, 6.07) is 0.410. The Morgan fingerprint density at radius 3 is 3.05 bits per heavy atom. The van der Waals surface area contributed by atoms with Gasteiger partial charge in [-0.05, 0) is 23.3 Å². The first-order valence-electron chi connectivity index (χ1n) is 7.35. The van der Waals surface area contributed by atoms with Crippen LogP contribution >= 0.6 is 0 Å². The molecule has 3 atom stereocenters. The SMILES string of the molecule is CO[C@@H]1CCC[C@H]1[C@@H]1COCCN1Cc1nnnn1C. The van der Waals surface area contributed by atoms with Gasteiger partial charge in [-0.2, -0.15) is 0 Å². The maximum Gasteiger partial charge on any atom is 0.165 e. The zero-order valence-corrected chi connectivity index (χ0v) is 12.2. The molecule has 1 saturated heterocycles. The molecule has 1 aliphatic heterocycles. The van der Waals surface area contributed by atoms with E-state index in [9.17, 15) is 0 Å². The Kier molecular flexibility index (Phi) is 4.28. The van der Waals surface area contributed by atoms with E-state index in [1.54, 1.807) is 4.68 Å². The Hall–Kier alpha value is -1.05. The zero-order valence-electron chi connectivity index (χ0n) is 12.2. The van der Waals surface area contributed by atoms with Gasteiger partial charge in [0.1, 0.15) is 0 Å². The fourth-order valence-electron chi connectivity index (χ4n) is 3.50. The molecule has 0 N–H and O–H groups in total. The van der Waals surface area contributed by atoms with Gasteiger partial charge < -0.3 is 9.47 Å². The van der Waals surface area contributed by atoms with E-state index in [0.717, 1.165) is 38.5 Å². The van der Waals surface area contributed by atoms with Gasteiger partial charge >= 0.3 is 0 Å². The molecule has 0 spiro atoms. The van der Waals surface area contributed by atoms with Gasteiger partial charge in [0.2, 0.25) is 0 Å². The summed E-state index contributed by atoms with van der Waals surface area (Å²) in [5, 5.41) is 11.7. The number of nitrogens with zero attached hydrogens (tertiary/aromatic N) is 5. The van der Waals surface area contributed by atoms with Crippen LogP contribution < -0.4 is 0 Å². The first-order chi connectivity index (χ1) is 9.79. The number of aromatic nitrogens is 4. The van der Waals surface area contributed by atoms with Gasteiger partial charge in [0.05, 0.1) is 25.9 Å². The van der Waals surface area contributed by atoms with Gasteiger partial charge in [-0.25, -0.2) is 4.68 Å². The fourth-order valence-corrected chi connectivity index (χ4v) is 3.50. The van der Waals surface area contributed by atoms with Gasteiger partial charge in [0, 0.05) is 32.7 Å². The number of hydrogen-bond acceptors (Lipinski definition) is 6. The summed E-state index contributed by atoms with van der Waals surface area (Å²) in [4.78, 5) is 2.46. The Morgan fingerprint density at radius 1 is 1.40 bits per heavy atom. The smallest absolute Gasteiger partial charge is 0.165 e. The zero-order chi connectivity index (χ0) is 13.9. The third kappa shape index (κ3) is 2.70. The molecule has 2 aliphatic rings. The van der Waals surface area contributed by atoms with E-state index in [1.165, 1.54) is 12.8 Å². The minimum Gasteiger partial charge on any atom is -0.381 e. The largest absolute Gasteiger partial charge is 0.381 e. The van der Waals surface area contributed by atoms with Crippen molar-refractivity contribution in [3.63, 3.8) is 0 Å². The second-order valence-corrected chi connectivity index (χ2v) is 5.70. The molecule has 20 heavy (non-hydrogen) atoms. The van der Waals surface area contributed by atoms with Crippen LogP contribution in [0, 0.1) is 5.92 Å². The van der Waals surface area contributed by atoms with Crippen LogP contribution in [0.15, 0.2) is 0 Å². The lowest BCUT2D eigenvalue weighted by Gasteiger charge is -2.40. The molecule has 0 bridgehead atoms. The molecule has 1 aromatic rings. The number of aryl methyl sites for hydroxylation is 1. The van der Waals surface area contributed by atoms with E-state index < -0.39 is 0 Å². The Bertz CT molecular complexity index is 438. The van der Waals surface area contributed by atoms with Crippen molar-refractivity contribution >= 4 is 0 Å². The second kappa shape index (κ2) is 6.15. The summed E-state index contributed by atoms with van der Waals surface area (Å²) in [6.07, 6.45) is 4.00. The summed E-state index contributed by atoms with van der Waals surface area (Å²) in [7, 11) is 3.71. The number of rotatable bonds is 4. The van der Waals surface area contributed by atoms with Crippen LogP contribution in [0.1, 0.15) is 25.1 Å². The van der Waals surface area contributed by atoms with E-state index in [1.807, 2.05) is 14.2 Å². The first-order valence-corrected chi connectivity index (χ1v) is 7.35. The number of tetrazole rings is 1. The maximum absolute atomic E-state index is 5.71. The van der Waals surface area contributed by atoms with Crippen LogP contribution in [-0.2, 0) is 23.1 Å². The molecule has 0 unspecified atom stereocenters. The Morgan fingerprint density at radius 2 is 2.30 bits per heavy atom. The summed E-state index contributed by atoms with van der Waals surface area (Å²) in [5.41, 5.74) is 0. The lowest BCUT2D eigenvalue weighted by Crippen LogP contribution is -2.51. The molecule has 1 aliphatic carbocycles. The lowest BCUT2D eigenvalue weighted by molar-refractivity contribution is -0.0619. The normalized spacial score (nSPS) is 31.8. The third-order valence-electron chi connectivity index (χ3n) is 4.63. The lowest BCUT2D eigenvalue weighted by atomic mass is 9.94. The molecule has 0 amide bonds. The molecule has 2 heterocycles. The van der Waals surface area contributed by atoms with Crippen molar-refractivity contribution in [1.82, 2.24) is 25.1 Å². The highest BCUT2D eigenvalue weighted by Crippen LogP contribution is 2.34. The highest BCUT2D eigenvalue weighted by molar-refractivity contribution is 4.92. The quantitative estimate of drug-likeness (QED) is 0.787. The van der Waals surface area contributed by atoms with Crippen molar-refractivity contribution in [3.05, 3.63) is 5.82 Å². The van der Waals surface area contributed by atoms with Gasteiger partial charge in [-0.1, -0.05) is 6.42 Å². The molecular formula is C13H23N5O2. The molecule has 3 rings (SSSR count). The summed E-state index contributed by atoms with van der Waals surface area (Å²) in [6.45, 7) is 3.29. The minimum atomic E-state index is 0.363. The third-order valence-corrected chi connectivity index (χ3v) is 4.63. The Balaban J connectivity index is 1.72. The topological polar surface area (TPSA) is 65.3 Å². The molecule has 0 radical (unpaired) electrons. The highest BCUT2D eigenvalue weighted by Gasteiger charge is 2.38. The van der Waals surface area contributed by atoms with Gasteiger partial charge in [0.25, 0.3) is 0 Å². The van der Waals surface area contributed by atoms with Gasteiger partial charge in [-0.15, -0.1) is 5.10 Å². The minimum absolute atomic E-state index is 0.363. The fraction of sp³-hybridized carbons (Fsp3) is 0.923. The van der Waals surface area contributed by atoms with E-state index >= 15 is 0 Å². The Labute approximate surface area is 119 Å². The van der Waals surface area contributed by atoms with Crippen LogP contribution in [0.3, 0.4) is 0 Å². The summed E-state index contributed by atoms with van der Waals surface area (Å²) >= 11 is 0. The van der Waals surface area contributed by atoms with E-state index in [2.05, 4.69) is 20.4 Å². The molecule has 7 nitrogen and oxygen atoms in total. The average Bonchev–Trinajstić information content (AvgIpc) is 3.09. The van der Waals surface area contributed by atoms with Crippen LogP contribution in [0.2, 0.25) is 0 Å². The molecule has 1 saturated carbocycles. The number of hydrogen-bond donors (Lipinski definition) is 0.